The predicted octanol–water partition coefficient (Wildman–Crippen LogP) is 4.69. The van der Waals surface area contributed by atoms with Crippen molar-refractivity contribution in [2.75, 3.05) is 6.61 Å². The smallest absolute Gasteiger partial charge is 0.152 e. The molecule has 0 spiro atoms. The van der Waals surface area contributed by atoms with E-state index in [2.05, 4.69) is 0 Å². The van der Waals surface area contributed by atoms with Gasteiger partial charge in [-0.1, -0.05) is 17.7 Å². The first-order valence-corrected chi connectivity index (χ1v) is 7.65. The average Bonchev–Trinajstić information content (AvgIpc) is 2.89. The molecule has 2 aromatic carbocycles. The molecule has 0 saturated heterocycles. The second-order valence-electron chi connectivity index (χ2n) is 5.14. The minimum Gasteiger partial charge on any atom is -0.494 e. The van der Waals surface area contributed by atoms with E-state index in [1.165, 1.54) is 6.07 Å². The van der Waals surface area contributed by atoms with Gasteiger partial charge >= 0.3 is 0 Å². The number of carbonyl (C=O) groups excluding carboxylic acids is 1. The summed E-state index contributed by atoms with van der Waals surface area (Å²) in [6.45, 7) is 2.70. The molecule has 5 heteroatoms. The third-order valence-corrected chi connectivity index (χ3v) is 4.07. The lowest BCUT2D eigenvalue weighted by Crippen LogP contribution is -2.01. The van der Waals surface area contributed by atoms with Crippen molar-refractivity contribution in [1.29, 1.82) is 0 Å². The van der Waals surface area contributed by atoms with Crippen molar-refractivity contribution < 1.29 is 13.9 Å². The molecule has 3 aromatic rings. The van der Waals surface area contributed by atoms with Crippen LogP contribution in [0.25, 0.3) is 10.9 Å². The van der Waals surface area contributed by atoms with Crippen molar-refractivity contribution in [3.05, 3.63) is 64.6 Å². The largest absolute Gasteiger partial charge is 0.494 e. The predicted molar refractivity (Wildman–Crippen MR) is 89.0 cm³/mol. The van der Waals surface area contributed by atoms with Gasteiger partial charge in [0.15, 0.2) is 6.29 Å². The van der Waals surface area contributed by atoms with Crippen LogP contribution in [0.1, 0.15) is 22.8 Å². The fourth-order valence-corrected chi connectivity index (χ4v) is 2.86. The number of hydrogen-bond acceptors (Lipinski definition) is 2. The Balaban J connectivity index is 2.09. The molecular formula is C18H15ClFNO2. The van der Waals surface area contributed by atoms with Gasteiger partial charge in [0.2, 0.25) is 0 Å². The van der Waals surface area contributed by atoms with Gasteiger partial charge in [-0.3, -0.25) is 4.79 Å². The Kier molecular flexibility index (Phi) is 4.35. The molecule has 3 nitrogen and oxygen atoms in total. The minimum atomic E-state index is -0.363. The van der Waals surface area contributed by atoms with Crippen LogP contribution in [0.2, 0.25) is 5.02 Å². The van der Waals surface area contributed by atoms with Crippen LogP contribution in [-0.2, 0) is 6.54 Å². The van der Waals surface area contributed by atoms with Crippen molar-refractivity contribution >= 4 is 28.8 Å². The van der Waals surface area contributed by atoms with Crippen LogP contribution >= 0.6 is 11.6 Å². The second kappa shape index (κ2) is 6.42. The van der Waals surface area contributed by atoms with Crippen molar-refractivity contribution in [2.24, 2.45) is 0 Å². The Bertz CT molecular complexity index is 853. The van der Waals surface area contributed by atoms with Gasteiger partial charge in [0, 0.05) is 33.2 Å². The van der Waals surface area contributed by atoms with E-state index in [4.69, 9.17) is 16.3 Å². The van der Waals surface area contributed by atoms with E-state index in [0.29, 0.717) is 28.5 Å². The van der Waals surface area contributed by atoms with Crippen LogP contribution in [0.15, 0.2) is 42.6 Å². The SMILES string of the molecule is CCOc1ccc2c(c1)c(C=O)cn2Cc1c(F)cccc1Cl. The molecule has 118 valence electrons. The fourth-order valence-electron chi connectivity index (χ4n) is 2.64. The van der Waals surface area contributed by atoms with Crippen molar-refractivity contribution in [2.45, 2.75) is 13.5 Å². The molecule has 0 aliphatic heterocycles. The first-order chi connectivity index (χ1) is 11.1. The van der Waals surface area contributed by atoms with E-state index in [0.717, 1.165) is 17.2 Å². The molecule has 23 heavy (non-hydrogen) atoms. The van der Waals surface area contributed by atoms with E-state index in [1.807, 2.05) is 29.7 Å². The monoisotopic (exact) mass is 331 g/mol. The summed E-state index contributed by atoms with van der Waals surface area (Å²) in [5.74, 6) is 0.336. The summed E-state index contributed by atoms with van der Waals surface area (Å²) in [6.07, 6.45) is 2.49. The van der Waals surface area contributed by atoms with Gasteiger partial charge in [0.25, 0.3) is 0 Å². The normalized spacial score (nSPS) is 10.9. The molecule has 1 heterocycles. The molecular weight excluding hydrogens is 317 g/mol. The molecule has 3 rings (SSSR count). The quantitative estimate of drug-likeness (QED) is 0.635. The number of rotatable bonds is 5. The number of aldehydes is 1. The Hall–Kier alpha value is -2.33. The summed E-state index contributed by atoms with van der Waals surface area (Å²) in [7, 11) is 0. The van der Waals surface area contributed by atoms with E-state index in [1.54, 1.807) is 18.3 Å². The van der Waals surface area contributed by atoms with E-state index in [9.17, 15) is 9.18 Å². The lowest BCUT2D eigenvalue weighted by molar-refractivity contribution is 0.112. The fraction of sp³-hybridized carbons (Fsp3) is 0.167. The third-order valence-electron chi connectivity index (χ3n) is 3.71. The maximum atomic E-state index is 14.0. The Morgan fingerprint density at radius 1 is 1.30 bits per heavy atom. The third kappa shape index (κ3) is 2.94. The van der Waals surface area contributed by atoms with Gasteiger partial charge in [-0.05, 0) is 37.3 Å². The summed E-state index contributed by atoms with van der Waals surface area (Å²) < 4.78 is 21.3. The molecule has 0 aliphatic rings. The van der Waals surface area contributed by atoms with Gasteiger partial charge in [-0.15, -0.1) is 0 Å². The van der Waals surface area contributed by atoms with Gasteiger partial charge in [-0.2, -0.15) is 0 Å². The first-order valence-electron chi connectivity index (χ1n) is 7.27. The van der Waals surface area contributed by atoms with Crippen molar-refractivity contribution in [3.8, 4) is 5.75 Å². The summed E-state index contributed by atoms with van der Waals surface area (Å²) in [5.41, 5.74) is 1.77. The number of nitrogens with zero attached hydrogens (tertiary/aromatic N) is 1. The summed E-state index contributed by atoms with van der Waals surface area (Å²) in [4.78, 5) is 11.3. The maximum Gasteiger partial charge on any atom is 0.152 e. The minimum absolute atomic E-state index is 0.254. The molecule has 0 unspecified atom stereocenters. The average molecular weight is 332 g/mol. The molecule has 0 bridgehead atoms. The van der Waals surface area contributed by atoms with Gasteiger partial charge in [0.1, 0.15) is 11.6 Å². The van der Waals surface area contributed by atoms with Gasteiger partial charge in [0.05, 0.1) is 13.2 Å². The highest BCUT2D eigenvalue weighted by atomic mass is 35.5. The first kappa shape index (κ1) is 15.6. The number of benzene rings is 2. The number of halogens is 2. The molecule has 0 fully saturated rings. The molecule has 0 N–H and O–H groups in total. The highest BCUT2D eigenvalue weighted by molar-refractivity contribution is 6.31. The summed E-state index contributed by atoms with van der Waals surface area (Å²) in [6, 6.07) is 10.1. The molecule has 0 radical (unpaired) electrons. The van der Waals surface area contributed by atoms with Crippen molar-refractivity contribution in [3.63, 3.8) is 0 Å². The van der Waals surface area contributed by atoms with Crippen LogP contribution in [0.3, 0.4) is 0 Å². The zero-order valence-corrected chi connectivity index (χ0v) is 13.3. The Morgan fingerprint density at radius 3 is 2.83 bits per heavy atom. The van der Waals surface area contributed by atoms with Crippen LogP contribution in [0.5, 0.6) is 5.75 Å². The van der Waals surface area contributed by atoms with Gasteiger partial charge in [-0.25, -0.2) is 4.39 Å². The second-order valence-corrected chi connectivity index (χ2v) is 5.55. The number of ether oxygens (including phenoxy) is 1. The zero-order chi connectivity index (χ0) is 16.4. The van der Waals surface area contributed by atoms with E-state index < -0.39 is 0 Å². The molecule has 0 saturated carbocycles. The molecule has 0 atom stereocenters. The lowest BCUT2D eigenvalue weighted by Gasteiger charge is -2.09. The highest BCUT2D eigenvalue weighted by Gasteiger charge is 2.13. The number of aromatic nitrogens is 1. The topological polar surface area (TPSA) is 31.2 Å². The molecule has 0 amide bonds. The highest BCUT2D eigenvalue weighted by Crippen LogP contribution is 2.28. The lowest BCUT2D eigenvalue weighted by atomic mass is 10.2. The van der Waals surface area contributed by atoms with E-state index >= 15 is 0 Å². The summed E-state index contributed by atoms with van der Waals surface area (Å²) in [5, 5.41) is 1.14. The number of fused-ring (bicyclic) bond motifs is 1. The van der Waals surface area contributed by atoms with Crippen LogP contribution in [0.4, 0.5) is 4.39 Å². The Morgan fingerprint density at radius 2 is 2.13 bits per heavy atom. The van der Waals surface area contributed by atoms with Crippen LogP contribution < -0.4 is 4.74 Å². The Labute approximate surface area is 138 Å². The molecule has 0 aliphatic carbocycles. The summed E-state index contributed by atoms with van der Waals surface area (Å²) >= 11 is 6.09. The van der Waals surface area contributed by atoms with E-state index in [-0.39, 0.29) is 12.4 Å². The number of carbonyl (C=O) groups is 1. The maximum absolute atomic E-state index is 14.0. The van der Waals surface area contributed by atoms with Crippen molar-refractivity contribution in [1.82, 2.24) is 4.57 Å². The standard InChI is InChI=1S/C18H15ClFNO2/c1-2-23-13-6-7-18-14(8-13)12(11-22)9-21(18)10-15-16(19)4-3-5-17(15)20/h3-9,11H,2,10H2,1H3. The van der Waals surface area contributed by atoms with Crippen LogP contribution in [-0.4, -0.2) is 17.5 Å². The number of hydrogen-bond donors (Lipinski definition) is 0. The zero-order valence-electron chi connectivity index (χ0n) is 12.6. The van der Waals surface area contributed by atoms with Crippen LogP contribution in [0, 0.1) is 5.82 Å². The molecule has 1 aromatic heterocycles. The van der Waals surface area contributed by atoms with Gasteiger partial charge < -0.3 is 9.30 Å².